The van der Waals surface area contributed by atoms with Crippen LogP contribution in [-0.2, 0) is 0 Å². The summed E-state index contributed by atoms with van der Waals surface area (Å²) >= 11 is 0. The molecule has 0 spiro atoms. The molecule has 0 heterocycles. The van der Waals surface area contributed by atoms with Crippen molar-refractivity contribution >= 4 is 17.1 Å². The first-order valence-corrected chi connectivity index (χ1v) is 6.10. The van der Waals surface area contributed by atoms with E-state index in [1.165, 1.54) is 0 Å². The van der Waals surface area contributed by atoms with Crippen LogP contribution in [0.15, 0.2) is 52.5 Å². The lowest BCUT2D eigenvalue weighted by Gasteiger charge is -2.09. The first kappa shape index (κ1) is 13.1. The molecular formula is C15H17N3O. The van der Waals surface area contributed by atoms with Crippen LogP contribution < -0.4 is 5.32 Å². The molecule has 0 bridgehead atoms. The molecule has 19 heavy (non-hydrogen) atoms. The van der Waals surface area contributed by atoms with E-state index >= 15 is 0 Å². The van der Waals surface area contributed by atoms with Gasteiger partial charge in [0.05, 0.1) is 17.1 Å². The summed E-state index contributed by atoms with van der Waals surface area (Å²) in [5.41, 5.74) is 3.47. The number of benzene rings is 1. The van der Waals surface area contributed by atoms with Crippen molar-refractivity contribution in [1.29, 1.82) is 0 Å². The van der Waals surface area contributed by atoms with Crippen LogP contribution in [0.2, 0.25) is 0 Å². The number of nitrogens with one attached hydrogen (secondary N) is 1. The number of aromatic hydroxyl groups is 1. The van der Waals surface area contributed by atoms with Gasteiger partial charge in [-0.3, -0.25) is 9.98 Å². The molecule has 0 saturated heterocycles. The van der Waals surface area contributed by atoms with Crippen molar-refractivity contribution < 1.29 is 5.11 Å². The summed E-state index contributed by atoms with van der Waals surface area (Å²) in [6.45, 7) is 2.37. The van der Waals surface area contributed by atoms with E-state index in [2.05, 4.69) is 15.3 Å². The number of allylic oxidation sites excluding steroid dienone is 4. The monoisotopic (exact) mass is 255 g/mol. The van der Waals surface area contributed by atoms with E-state index in [0.717, 1.165) is 17.0 Å². The van der Waals surface area contributed by atoms with Gasteiger partial charge in [-0.05, 0) is 36.8 Å². The topological polar surface area (TPSA) is 57.0 Å². The van der Waals surface area contributed by atoms with E-state index in [1.54, 1.807) is 13.1 Å². The number of aryl methyl sites for hydroxylation is 1. The van der Waals surface area contributed by atoms with Gasteiger partial charge in [-0.15, -0.1) is 0 Å². The Hall–Kier alpha value is -2.36. The molecule has 0 atom stereocenters. The van der Waals surface area contributed by atoms with Gasteiger partial charge in [0, 0.05) is 7.05 Å². The van der Waals surface area contributed by atoms with Crippen molar-refractivity contribution in [2.45, 2.75) is 6.92 Å². The lowest BCUT2D eigenvalue weighted by molar-refractivity contribution is 0.477. The summed E-state index contributed by atoms with van der Waals surface area (Å²) in [7, 11) is 1.74. The van der Waals surface area contributed by atoms with E-state index in [9.17, 15) is 5.11 Å². The van der Waals surface area contributed by atoms with E-state index < -0.39 is 0 Å². The summed E-state index contributed by atoms with van der Waals surface area (Å²) in [6.07, 6.45) is 7.70. The number of nitrogens with zero attached hydrogens (tertiary/aromatic N) is 2. The predicted octanol–water partition coefficient (Wildman–Crippen LogP) is 2.71. The van der Waals surface area contributed by atoms with Crippen molar-refractivity contribution in [3.8, 4) is 5.75 Å². The highest BCUT2D eigenvalue weighted by atomic mass is 16.3. The number of rotatable bonds is 3. The molecule has 4 heteroatoms. The lowest BCUT2D eigenvalue weighted by atomic mass is 10.1. The standard InChI is InChI=1S/C15H17N3O/c1-11-7-8-15(19)14(9-11)18-10-17-13-6-4-3-5-12(13)16-2/h3-9,18-19H,10H2,1-2H3/b16-12?,17-13-. The van der Waals surface area contributed by atoms with Gasteiger partial charge in [-0.25, -0.2) is 0 Å². The summed E-state index contributed by atoms with van der Waals surface area (Å²) < 4.78 is 0. The van der Waals surface area contributed by atoms with E-state index in [1.807, 2.05) is 43.4 Å². The summed E-state index contributed by atoms with van der Waals surface area (Å²) in [5, 5.41) is 12.8. The van der Waals surface area contributed by atoms with Gasteiger partial charge in [0.1, 0.15) is 12.4 Å². The second-order valence-corrected chi connectivity index (χ2v) is 4.23. The molecule has 0 amide bonds. The van der Waals surface area contributed by atoms with Gasteiger partial charge in [0.25, 0.3) is 0 Å². The van der Waals surface area contributed by atoms with Crippen LogP contribution in [0.4, 0.5) is 5.69 Å². The van der Waals surface area contributed by atoms with Crippen LogP contribution in [0.25, 0.3) is 0 Å². The quantitative estimate of drug-likeness (QED) is 0.644. The average Bonchev–Trinajstić information content (AvgIpc) is 2.43. The largest absolute Gasteiger partial charge is 0.506 e. The Kier molecular flexibility index (Phi) is 4.13. The van der Waals surface area contributed by atoms with Crippen LogP contribution in [0, 0.1) is 6.92 Å². The number of phenols is 1. The minimum atomic E-state index is 0.231. The molecular weight excluding hydrogens is 238 g/mol. The Morgan fingerprint density at radius 2 is 1.89 bits per heavy atom. The van der Waals surface area contributed by atoms with Crippen LogP contribution in [0.5, 0.6) is 5.75 Å². The molecule has 1 aromatic carbocycles. The highest BCUT2D eigenvalue weighted by Gasteiger charge is 2.04. The van der Waals surface area contributed by atoms with E-state index in [-0.39, 0.29) is 5.75 Å². The smallest absolute Gasteiger partial charge is 0.138 e. The maximum atomic E-state index is 9.71. The molecule has 4 nitrogen and oxygen atoms in total. The fourth-order valence-corrected chi connectivity index (χ4v) is 1.79. The van der Waals surface area contributed by atoms with Gasteiger partial charge in [-0.1, -0.05) is 18.2 Å². The normalized spacial score (nSPS) is 18.2. The number of anilines is 1. The number of hydrogen-bond acceptors (Lipinski definition) is 4. The number of phenolic OH excluding ortho intramolecular Hbond substituents is 1. The molecule has 0 radical (unpaired) electrons. The molecule has 2 N–H and O–H groups in total. The first-order chi connectivity index (χ1) is 9.20. The van der Waals surface area contributed by atoms with Gasteiger partial charge in [0.2, 0.25) is 0 Å². The molecule has 0 fully saturated rings. The Morgan fingerprint density at radius 1 is 1.16 bits per heavy atom. The Bertz CT molecular complexity index is 583. The summed E-state index contributed by atoms with van der Waals surface area (Å²) in [4.78, 5) is 8.58. The fraction of sp³-hybridized carbons (Fsp3) is 0.200. The minimum absolute atomic E-state index is 0.231. The zero-order chi connectivity index (χ0) is 13.7. The molecule has 0 unspecified atom stereocenters. The lowest BCUT2D eigenvalue weighted by Crippen LogP contribution is -2.13. The Morgan fingerprint density at radius 3 is 2.63 bits per heavy atom. The maximum absolute atomic E-state index is 9.71. The minimum Gasteiger partial charge on any atom is -0.506 e. The molecule has 1 aliphatic carbocycles. The third-order valence-electron chi connectivity index (χ3n) is 2.79. The third kappa shape index (κ3) is 3.31. The summed E-state index contributed by atoms with van der Waals surface area (Å²) in [5.74, 6) is 0.231. The second-order valence-electron chi connectivity index (χ2n) is 4.23. The van der Waals surface area contributed by atoms with Crippen molar-refractivity contribution in [3.63, 3.8) is 0 Å². The zero-order valence-corrected chi connectivity index (χ0v) is 11.1. The average molecular weight is 255 g/mol. The van der Waals surface area contributed by atoms with Crippen LogP contribution in [0.1, 0.15) is 5.56 Å². The Labute approximate surface area is 112 Å². The molecule has 0 aliphatic heterocycles. The van der Waals surface area contributed by atoms with Crippen LogP contribution in [-0.4, -0.2) is 30.2 Å². The number of hydrogen-bond donors (Lipinski definition) is 2. The fourth-order valence-electron chi connectivity index (χ4n) is 1.79. The highest BCUT2D eigenvalue weighted by Crippen LogP contribution is 2.23. The van der Waals surface area contributed by atoms with Gasteiger partial charge in [0.15, 0.2) is 0 Å². The zero-order valence-electron chi connectivity index (χ0n) is 11.1. The van der Waals surface area contributed by atoms with E-state index in [4.69, 9.17) is 0 Å². The van der Waals surface area contributed by atoms with Gasteiger partial charge in [-0.2, -0.15) is 0 Å². The number of aliphatic imine (C=N–C) groups is 2. The Balaban J connectivity index is 2.05. The molecule has 1 aromatic rings. The van der Waals surface area contributed by atoms with Crippen LogP contribution >= 0.6 is 0 Å². The van der Waals surface area contributed by atoms with Crippen molar-refractivity contribution in [2.75, 3.05) is 19.0 Å². The third-order valence-corrected chi connectivity index (χ3v) is 2.79. The van der Waals surface area contributed by atoms with Crippen molar-refractivity contribution in [1.82, 2.24) is 0 Å². The van der Waals surface area contributed by atoms with Gasteiger partial charge < -0.3 is 10.4 Å². The van der Waals surface area contributed by atoms with Crippen molar-refractivity contribution in [2.24, 2.45) is 9.98 Å². The van der Waals surface area contributed by atoms with Crippen LogP contribution in [0.3, 0.4) is 0 Å². The molecule has 2 rings (SSSR count). The second kappa shape index (κ2) is 6.00. The molecule has 0 saturated carbocycles. The SMILES string of the molecule is CN=C1C=CC=C/C1=N/CNc1cc(C)ccc1O. The first-order valence-electron chi connectivity index (χ1n) is 6.10. The van der Waals surface area contributed by atoms with Crippen molar-refractivity contribution in [3.05, 3.63) is 48.1 Å². The molecule has 98 valence electrons. The molecule has 1 aliphatic rings. The highest BCUT2D eigenvalue weighted by molar-refractivity contribution is 6.51. The molecule has 0 aromatic heterocycles. The van der Waals surface area contributed by atoms with Gasteiger partial charge >= 0.3 is 0 Å². The van der Waals surface area contributed by atoms with E-state index in [0.29, 0.717) is 12.4 Å². The summed E-state index contributed by atoms with van der Waals surface area (Å²) in [6, 6.07) is 5.43. The maximum Gasteiger partial charge on any atom is 0.138 e. The predicted molar refractivity (Wildman–Crippen MR) is 80.4 cm³/mol.